The Morgan fingerprint density at radius 3 is 2.80 bits per heavy atom. The van der Waals surface area contributed by atoms with Gasteiger partial charge in [-0.2, -0.15) is 0 Å². The van der Waals surface area contributed by atoms with Crippen molar-refractivity contribution in [1.82, 2.24) is 14.5 Å². The number of para-hydroxylation sites is 1. The summed E-state index contributed by atoms with van der Waals surface area (Å²) in [4.78, 5) is 8.90. The maximum atomic E-state index is 13.9. The number of rotatable bonds is 3. The molecule has 0 saturated heterocycles. The van der Waals surface area contributed by atoms with E-state index in [1.54, 1.807) is 6.07 Å². The Bertz CT molecular complexity index is 760. The van der Waals surface area contributed by atoms with Gasteiger partial charge in [0.2, 0.25) is 0 Å². The summed E-state index contributed by atoms with van der Waals surface area (Å²) in [5.74, 6) is 0.383. The number of thiazole rings is 1. The van der Waals surface area contributed by atoms with Gasteiger partial charge in [-0.15, -0.1) is 11.3 Å². The summed E-state index contributed by atoms with van der Waals surface area (Å²) in [6.07, 6.45) is 0. The van der Waals surface area contributed by atoms with Crippen LogP contribution >= 0.6 is 11.3 Å². The third kappa shape index (κ3) is 2.01. The molecule has 6 heteroatoms. The van der Waals surface area contributed by atoms with Crippen molar-refractivity contribution in [2.24, 2.45) is 5.73 Å². The van der Waals surface area contributed by atoms with Crippen LogP contribution in [0.5, 0.6) is 0 Å². The number of fused-ring (bicyclic) bond motifs is 1. The molecule has 3 rings (SSSR count). The monoisotopic (exact) mass is 290 g/mol. The summed E-state index contributed by atoms with van der Waals surface area (Å²) >= 11 is 1.50. The summed E-state index contributed by atoms with van der Waals surface area (Å²) in [5.41, 5.74) is 7.53. The third-order valence-corrected chi connectivity index (χ3v) is 4.01. The van der Waals surface area contributed by atoms with Crippen LogP contribution in [0.1, 0.15) is 24.9 Å². The van der Waals surface area contributed by atoms with Crippen LogP contribution in [0.3, 0.4) is 0 Å². The number of aromatic nitrogens is 3. The van der Waals surface area contributed by atoms with Gasteiger partial charge in [0.25, 0.3) is 0 Å². The van der Waals surface area contributed by atoms with Gasteiger partial charge >= 0.3 is 0 Å². The van der Waals surface area contributed by atoms with E-state index in [-0.39, 0.29) is 11.9 Å². The molecule has 20 heavy (non-hydrogen) atoms. The van der Waals surface area contributed by atoms with Crippen molar-refractivity contribution >= 4 is 22.4 Å². The number of hydrogen-bond donors (Lipinski definition) is 1. The standard InChI is InChI=1S/C14H15FN4S/c1-8(2)19-11-5-3-4-9(15)13(11)18-14(19)10-7-20-12(6-16)17-10/h3-5,7-8H,6,16H2,1-2H3. The van der Waals surface area contributed by atoms with Crippen LogP contribution in [0.15, 0.2) is 23.6 Å². The second kappa shape index (κ2) is 4.96. The second-order valence-corrected chi connectivity index (χ2v) is 5.78. The Hall–Kier alpha value is -1.79. The van der Waals surface area contributed by atoms with Gasteiger partial charge in [0.05, 0.1) is 5.52 Å². The minimum absolute atomic E-state index is 0.167. The first-order chi connectivity index (χ1) is 9.61. The van der Waals surface area contributed by atoms with E-state index in [1.807, 2.05) is 29.9 Å². The molecule has 0 radical (unpaired) electrons. The topological polar surface area (TPSA) is 56.7 Å². The van der Waals surface area contributed by atoms with Crippen LogP contribution in [0.2, 0.25) is 0 Å². The average molecular weight is 290 g/mol. The largest absolute Gasteiger partial charge is 0.325 e. The van der Waals surface area contributed by atoms with Crippen LogP contribution in [-0.2, 0) is 6.54 Å². The van der Waals surface area contributed by atoms with E-state index in [9.17, 15) is 4.39 Å². The molecule has 0 aliphatic heterocycles. The van der Waals surface area contributed by atoms with Gasteiger partial charge in [0.1, 0.15) is 16.2 Å². The van der Waals surface area contributed by atoms with E-state index in [2.05, 4.69) is 9.97 Å². The van der Waals surface area contributed by atoms with Crippen molar-refractivity contribution in [3.05, 3.63) is 34.4 Å². The molecule has 0 saturated carbocycles. The Balaban J connectivity index is 2.29. The number of imidazole rings is 1. The van der Waals surface area contributed by atoms with E-state index < -0.39 is 0 Å². The SMILES string of the molecule is CC(C)n1c(-c2csc(CN)n2)nc2c(F)cccc21. The summed E-state index contributed by atoms with van der Waals surface area (Å²) in [7, 11) is 0. The predicted molar refractivity (Wildman–Crippen MR) is 79.1 cm³/mol. The molecule has 0 spiro atoms. The van der Waals surface area contributed by atoms with E-state index in [0.29, 0.717) is 17.9 Å². The molecule has 2 heterocycles. The predicted octanol–water partition coefficient (Wildman–Crippen LogP) is 3.34. The van der Waals surface area contributed by atoms with E-state index in [4.69, 9.17) is 5.73 Å². The zero-order chi connectivity index (χ0) is 14.3. The lowest BCUT2D eigenvalue weighted by Crippen LogP contribution is -2.03. The van der Waals surface area contributed by atoms with Gasteiger partial charge in [0, 0.05) is 18.0 Å². The fourth-order valence-electron chi connectivity index (χ4n) is 2.29. The minimum Gasteiger partial charge on any atom is -0.325 e. The molecule has 0 aliphatic rings. The van der Waals surface area contributed by atoms with Crippen molar-refractivity contribution in [1.29, 1.82) is 0 Å². The lowest BCUT2D eigenvalue weighted by Gasteiger charge is -2.11. The highest BCUT2D eigenvalue weighted by Crippen LogP contribution is 2.30. The number of halogens is 1. The van der Waals surface area contributed by atoms with Gasteiger partial charge in [0.15, 0.2) is 11.6 Å². The summed E-state index contributed by atoms with van der Waals surface area (Å²) < 4.78 is 15.9. The number of nitrogens with zero attached hydrogens (tertiary/aromatic N) is 3. The molecule has 4 nitrogen and oxygen atoms in total. The molecule has 0 bridgehead atoms. The van der Waals surface area contributed by atoms with Crippen LogP contribution in [-0.4, -0.2) is 14.5 Å². The fourth-order valence-corrected chi connectivity index (χ4v) is 2.95. The van der Waals surface area contributed by atoms with Gasteiger partial charge < -0.3 is 10.3 Å². The lowest BCUT2D eigenvalue weighted by atomic mass is 10.3. The Labute approximate surface area is 120 Å². The maximum absolute atomic E-state index is 13.9. The van der Waals surface area contributed by atoms with Gasteiger partial charge in [-0.3, -0.25) is 0 Å². The van der Waals surface area contributed by atoms with Gasteiger partial charge in [-0.1, -0.05) is 6.07 Å². The average Bonchev–Trinajstić information content (AvgIpc) is 3.02. The van der Waals surface area contributed by atoms with Gasteiger partial charge in [-0.05, 0) is 26.0 Å². The van der Waals surface area contributed by atoms with Crippen molar-refractivity contribution < 1.29 is 4.39 Å². The van der Waals surface area contributed by atoms with Crippen molar-refractivity contribution in [3.63, 3.8) is 0 Å². The normalized spacial score (nSPS) is 11.7. The van der Waals surface area contributed by atoms with Crippen LogP contribution in [0.25, 0.3) is 22.6 Å². The van der Waals surface area contributed by atoms with Crippen molar-refractivity contribution in [2.45, 2.75) is 26.4 Å². The highest BCUT2D eigenvalue weighted by atomic mass is 32.1. The van der Waals surface area contributed by atoms with E-state index >= 15 is 0 Å². The van der Waals surface area contributed by atoms with Crippen LogP contribution in [0, 0.1) is 5.82 Å². The molecule has 0 unspecified atom stereocenters. The smallest absolute Gasteiger partial charge is 0.161 e. The molecular weight excluding hydrogens is 275 g/mol. The molecule has 0 amide bonds. The highest BCUT2D eigenvalue weighted by molar-refractivity contribution is 7.09. The van der Waals surface area contributed by atoms with Crippen molar-refractivity contribution in [3.8, 4) is 11.5 Å². The minimum atomic E-state index is -0.308. The Kier molecular flexibility index (Phi) is 3.27. The summed E-state index contributed by atoms with van der Waals surface area (Å²) in [6.45, 7) is 4.50. The van der Waals surface area contributed by atoms with Crippen LogP contribution < -0.4 is 5.73 Å². The van der Waals surface area contributed by atoms with Crippen LogP contribution in [0.4, 0.5) is 4.39 Å². The molecule has 0 atom stereocenters. The molecule has 2 aromatic heterocycles. The van der Waals surface area contributed by atoms with E-state index in [0.717, 1.165) is 16.2 Å². The molecule has 0 aliphatic carbocycles. The summed E-state index contributed by atoms with van der Waals surface area (Å²) in [5, 5.41) is 2.77. The Morgan fingerprint density at radius 2 is 2.15 bits per heavy atom. The number of nitrogens with two attached hydrogens (primary N) is 1. The molecule has 3 aromatic rings. The molecule has 104 valence electrons. The first kappa shape index (κ1) is 13.2. The number of benzene rings is 1. The van der Waals surface area contributed by atoms with Crippen molar-refractivity contribution in [2.75, 3.05) is 0 Å². The Morgan fingerprint density at radius 1 is 1.35 bits per heavy atom. The maximum Gasteiger partial charge on any atom is 0.161 e. The highest BCUT2D eigenvalue weighted by Gasteiger charge is 2.18. The first-order valence-corrected chi connectivity index (χ1v) is 7.31. The number of hydrogen-bond acceptors (Lipinski definition) is 4. The fraction of sp³-hybridized carbons (Fsp3) is 0.286. The van der Waals surface area contributed by atoms with E-state index in [1.165, 1.54) is 17.4 Å². The zero-order valence-electron chi connectivity index (χ0n) is 11.3. The third-order valence-electron chi connectivity index (χ3n) is 3.14. The first-order valence-electron chi connectivity index (χ1n) is 6.43. The lowest BCUT2D eigenvalue weighted by molar-refractivity contribution is 0.622. The zero-order valence-corrected chi connectivity index (χ0v) is 12.1. The summed E-state index contributed by atoms with van der Waals surface area (Å²) in [6, 6.07) is 5.18. The molecule has 0 fully saturated rings. The second-order valence-electron chi connectivity index (χ2n) is 4.84. The molecular formula is C14H15FN4S. The molecule has 2 N–H and O–H groups in total. The van der Waals surface area contributed by atoms with Gasteiger partial charge in [-0.25, -0.2) is 14.4 Å². The quantitative estimate of drug-likeness (QED) is 0.805. The molecule has 1 aromatic carbocycles.